The third kappa shape index (κ3) is 2.92. The van der Waals surface area contributed by atoms with E-state index in [0.29, 0.717) is 6.54 Å². The Morgan fingerprint density at radius 1 is 1.62 bits per heavy atom. The molecule has 1 atom stereocenters. The van der Waals surface area contributed by atoms with Crippen LogP contribution in [0.3, 0.4) is 0 Å². The standard InChI is InChI=1S/C10H14N2O/c1-3-9(6-11)12-7-10-5-4-8(2)13-10/h4-5,9,12H,3,7H2,1-2H3. The monoisotopic (exact) mass is 178 g/mol. The van der Waals surface area contributed by atoms with Gasteiger partial charge in [0.2, 0.25) is 0 Å². The van der Waals surface area contributed by atoms with Crippen LogP contribution >= 0.6 is 0 Å². The van der Waals surface area contributed by atoms with Gasteiger partial charge >= 0.3 is 0 Å². The van der Waals surface area contributed by atoms with Gasteiger partial charge < -0.3 is 4.42 Å². The van der Waals surface area contributed by atoms with Gasteiger partial charge in [-0.05, 0) is 25.5 Å². The Morgan fingerprint density at radius 2 is 2.38 bits per heavy atom. The molecule has 0 radical (unpaired) electrons. The van der Waals surface area contributed by atoms with E-state index in [0.717, 1.165) is 17.9 Å². The first-order valence-corrected chi connectivity index (χ1v) is 4.44. The van der Waals surface area contributed by atoms with E-state index in [-0.39, 0.29) is 6.04 Å². The molecule has 3 heteroatoms. The third-order valence-corrected chi connectivity index (χ3v) is 1.88. The molecule has 13 heavy (non-hydrogen) atoms. The molecule has 0 aromatic carbocycles. The molecule has 0 spiro atoms. The van der Waals surface area contributed by atoms with Gasteiger partial charge in [0.1, 0.15) is 11.5 Å². The van der Waals surface area contributed by atoms with Crippen molar-refractivity contribution >= 4 is 0 Å². The molecule has 1 aromatic heterocycles. The van der Waals surface area contributed by atoms with Crippen molar-refractivity contribution < 1.29 is 4.42 Å². The van der Waals surface area contributed by atoms with Gasteiger partial charge in [0, 0.05) is 0 Å². The summed E-state index contributed by atoms with van der Waals surface area (Å²) in [4.78, 5) is 0. The Morgan fingerprint density at radius 3 is 2.85 bits per heavy atom. The maximum Gasteiger partial charge on any atom is 0.117 e. The zero-order valence-corrected chi connectivity index (χ0v) is 8.00. The van der Waals surface area contributed by atoms with Crippen LogP contribution in [0.5, 0.6) is 0 Å². The molecule has 3 nitrogen and oxygen atoms in total. The molecular formula is C10H14N2O. The van der Waals surface area contributed by atoms with Crippen LogP contribution in [0.2, 0.25) is 0 Å². The summed E-state index contributed by atoms with van der Waals surface area (Å²) >= 11 is 0. The molecule has 0 aliphatic carbocycles. The zero-order valence-electron chi connectivity index (χ0n) is 8.00. The molecule has 70 valence electrons. The number of hydrogen-bond donors (Lipinski definition) is 1. The molecule has 1 unspecified atom stereocenters. The third-order valence-electron chi connectivity index (χ3n) is 1.88. The molecule has 0 amide bonds. The van der Waals surface area contributed by atoms with Crippen LogP contribution in [0.4, 0.5) is 0 Å². The lowest BCUT2D eigenvalue weighted by molar-refractivity contribution is 0.449. The normalized spacial score (nSPS) is 12.4. The lowest BCUT2D eigenvalue weighted by Gasteiger charge is -2.06. The van der Waals surface area contributed by atoms with Crippen molar-refractivity contribution in [3.63, 3.8) is 0 Å². The number of nitriles is 1. The topological polar surface area (TPSA) is 49.0 Å². The molecular weight excluding hydrogens is 164 g/mol. The van der Waals surface area contributed by atoms with Crippen LogP contribution in [0.25, 0.3) is 0 Å². The highest BCUT2D eigenvalue weighted by Gasteiger charge is 2.04. The minimum Gasteiger partial charge on any atom is -0.465 e. The number of hydrogen-bond acceptors (Lipinski definition) is 3. The fraction of sp³-hybridized carbons (Fsp3) is 0.500. The van der Waals surface area contributed by atoms with Crippen molar-refractivity contribution in [1.82, 2.24) is 5.32 Å². The fourth-order valence-corrected chi connectivity index (χ4v) is 1.09. The molecule has 0 saturated carbocycles. The lowest BCUT2D eigenvalue weighted by atomic mass is 10.2. The van der Waals surface area contributed by atoms with E-state index >= 15 is 0 Å². The van der Waals surface area contributed by atoms with Crippen molar-refractivity contribution in [1.29, 1.82) is 5.26 Å². The number of rotatable bonds is 4. The maximum atomic E-state index is 8.67. The number of aryl methyl sites for hydroxylation is 1. The Hall–Kier alpha value is -1.27. The van der Waals surface area contributed by atoms with Crippen LogP contribution in [-0.2, 0) is 6.54 Å². The summed E-state index contributed by atoms with van der Waals surface area (Å²) in [6.07, 6.45) is 0.816. The van der Waals surface area contributed by atoms with Crippen molar-refractivity contribution in [3.8, 4) is 6.07 Å². The number of nitrogens with zero attached hydrogens (tertiary/aromatic N) is 1. The fourth-order valence-electron chi connectivity index (χ4n) is 1.09. The Kier molecular flexibility index (Phi) is 3.53. The highest BCUT2D eigenvalue weighted by Crippen LogP contribution is 2.05. The molecule has 1 rings (SSSR count). The Balaban J connectivity index is 2.39. The van der Waals surface area contributed by atoms with Gasteiger partial charge in [-0.25, -0.2) is 0 Å². The smallest absolute Gasteiger partial charge is 0.117 e. The van der Waals surface area contributed by atoms with Crippen LogP contribution in [0.1, 0.15) is 24.9 Å². The predicted molar refractivity (Wildman–Crippen MR) is 50.0 cm³/mol. The van der Waals surface area contributed by atoms with Gasteiger partial charge in [-0.1, -0.05) is 6.92 Å². The van der Waals surface area contributed by atoms with Crippen molar-refractivity contribution in [3.05, 3.63) is 23.7 Å². The van der Waals surface area contributed by atoms with E-state index in [1.165, 1.54) is 0 Å². The minimum atomic E-state index is -0.0783. The molecule has 0 aliphatic heterocycles. The van der Waals surface area contributed by atoms with E-state index in [4.69, 9.17) is 9.68 Å². The maximum absolute atomic E-state index is 8.67. The van der Waals surface area contributed by atoms with Gasteiger partial charge in [-0.15, -0.1) is 0 Å². The first-order valence-electron chi connectivity index (χ1n) is 4.44. The minimum absolute atomic E-state index is 0.0783. The quantitative estimate of drug-likeness (QED) is 0.766. The molecule has 1 heterocycles. The van der Waals surface area contributed by atoms with Crippen LogP contribution in [0, 0.1) is 18.3 Å². The first-order chi connectivity index (χ1) is 6.26. The second-order valence-corrected chi connectivity index (χ2v) is 2.98. The van der Waals surface area contributed by atoms with Crippen LogP contribution in [0.15, 0.2) is 16.5 Å². The van der Waals surface area contributed by atoms with E-state index < -0.39 is 0 Å². The SMILES string of the molecule is CCC(C#N)NCc1ccc(C)o1. The Bertz CT molecular complexity index is 298. The molecule has 1 N–H and O–H groups in total. The summed E-state index contributed by atoms with van der Waals surface area (Å²) in [5.74, 6) is 1.79. The predicted octanol–water partition coefficient (Wildman–Crippen LogP) is 1.98. The number of nitrogens with one attached hydrogen (secondary N) is 1. The van der Waals surface area contributed by atoms with Crippen LogP contribution < -0.4 is 5.32 Å². The van der Waals surface area contributed by atoms with Gasteiger partial charge in [0.25, 0.3) is 0 Å². The second-order valence-electron chi connectivity index (χ2n) is 2.98. The first kappa shape index (κ1) is 9.82. The molecule has 0 aliphatic rings. The summed E-state index contributed by atoms with van der Waals surface area (Å²) in [5, 5.41) is 11.8. The highest BCUT2D eigenvalue weighted by atomic mass is 16.3. The summed E-state index contributed by atoms with van der Waals surface area (Å²) in [5.41, 5.74) is 0. The number of furan rings is 1. The highest BCUT2D eigenvalue weighted by molar-refractivity contribution is 5.05. The van der Waals surface area contributed by atoms with Crippen molar-refractivity contribution in [2.45, 2.75) is 32.9 Å². The average Bonchev–Trinajstić information content (AvgIpc) is 2.53. The largest absolute Gasteiger partial charge is 0.465 e. The van der Waals surface area contributed by atoms with Gasteiger partial charge in [0.05, 0.1) is 18.7 Å². The van der Waals surface area contributed by atoms with E-state index in [1.54, 1.807) is 0 Å². The summed E-state index contributed by atoms with van der Waals surface area (Å²) in [7, 11) is 0. The molecule has 1 aromatic rings. The van der Waals surface area contributed by atoms with Gasteiger partial charge in [-0.2, -0.15) is 5.26 Å². The molecule has 0 fully saturated rings. The van der Waals surface area contributed by atoms with Crippen LogP contribution in [-0.4, -0.2) is 6.04 Å². The molecule has 0 saturated heterocycles. The van der Waals surface area contributed by atoms with Gasteiger partial charge in [-0.3, -0.25) is 5.32 Å². The van der Waals surface area contributed by atoms with E-state index in [9.17, 15) is 0 Å². The van der Waals surface area contributed by atoms with Crippen molar-refractivity contribution in [2.75, 3.05) is 0 Å². The second kappa shape index (κ2) is 4.68. The van der Waals surface area contributed by atoms with Gasteiger partial charge in [0.15, 0.2) is 0 Å². The average molecular weight is 178 g/mol. The summed E-state index contributed by atoms with van der Waals surface area (Å²) < 4.78 is 5.35. The lowest BCUT2D eigenvalue weighted by Crippen LogP contribution is -2.25. The molecule has 0 bridgehead atoms. The summed E-state index contributed by atoms with van der Waals surface area (Å²) in [6.45, 7) is 4.51. The Labute approximate surface area is 78.4 Å². The summed E-state index contributed by atoms with van der Waals surface area (Å²) in [6, 6.07) is 5.94. The van der Waals surface area contributed by atoms with E-state index in [1.807, 2.05) is 26.0 Å². The van der Waals surface area contributed by atoms with Crippen molar-refractivity contribution in [2.24, 2.45) is 0 Å². The van der Waals surface area contributed by atoms with E-state index in [2.05, 4.69) is 11.4 Å². The zero-order chi connectivity index (χ0) is 9.68.